The highest BCUT2D eigenvalue weighted by Crippen LogP contribution is 2.26. The molecule has 28 heavy (non-hydrogen) atoms. The van der Waals surface area contributed by atoms with E-state index in [1.807, 2.05) is 79.7 Å². The Morgan fingerprint density at radius 1 is 1.00 bits per heavy atom. The third kappa shape index (κ3) is 4.15. The summed E-state index contributed by atoms with van der Waals surface area (Å²) < 4.78 is 5.35. The fourth-order valence-corrected chi connectivity index (χ4v) is 3.15. The Morgan fingerprint density at radius 3 is 2.57 bits per heavy atom. The van der Waals surface area contributed by atoms with E-state index in [1.54, 1.807) is 5.06 Å². The van der Waals surface area contributed by atoms with E-state index in [0.29, 0.717) is 0 Å². The maximum Gasteiger partial charge on any atom is 0.409 e. The maximum absolute atomic E-state index is 12.3. The number of hydroxylamine groups is 1. The van der Waals surface area contributed by atoms with Crippen LogP contribution in [0.15, 0.2) is 84.9 Å². The molecule has 2 unspecified atom stereocenters. The molecule has 1 N–H and O–H groups in total. The number of amides is 1. The molecule has 3 aromatic rings. The summed E-state index contributed by atoms with van der Waals surface area (Å²) in [4.78, 5) is 18.3. The number of nitrogens with zero attached hydrogens (tertiary/aromatic N) is 1. The molecule has 0 aromatic heterocycles. The zero-order valence-corrected chi connectivity index (χ0v) is 15.6. The summed E-state index contributed by atoms with van der Waals surface area (Å²) in [6, 6.07) is 23.8. The lowest BCUT2D eigenvalue weighted by Gasteiger charge is -2.35. The monoisotopic (exact) mass is 374 g/mol. The zero-order valence-electron chi connectivity index (χ0n) is 15.6. The Bertz CT molecular complexity index is 987. The zero-order chi connectivity index (χ0) is 19.3. The average molecular weight is 374 g/mol. The first kappa shape index (κ1) is 18.1. The van der Waals surface area contributed by atoms with Crippen molar-refractivity contribution in [2.45, 2.75) is 25.8 Å². The van der Waals surface area contributed by atoms with Crippen molar-refractivity contribution in [3.63, 3.8) is 0 Å². The van der Waals surface area contributed by atoms with Gasteiger partial charge >= 0.3 is 6.09 Å². The van der Waals surface area contributed by atoms with E-state index in [9.17, 15) is 4.79 Å². The van der Waals surface area contributed by atoms with E-state index in [-0.39, 0.29) is 12.7 Å². The summed E-state index contributed by atoms with van der Waals surface area (Å²) in [6.07, 6.45) is 2.78. The smallest absolute Gasteiger partial charge is 0.409 e. The van der Waals surface area contributed by atoms with E-state index in [0.717, 1.165) is 22.0 Å². The van der Waals surface area contributed by atoms with Crippen LogP contribution in [0.1, 0.15) is 12.5 Å². The van der Waals surface area contributed by atoms with Crippen LogP contribution >= 0.6 is 0 Å². The fraction of sp³-hybridized carbons (Fsp3) is 0.174. The molecule has 142 valence electrons. The number of alkyl carbamates (subject to hydrolysis) is 1. The minimum absolute atomic E-state index is 0.0927. The molecule has 0 bridgehead atoms. The van der Waals surface area contributed by atoms with E-state index in [2.05, 4.69) is 17.4 Å². The lowest BCUT2D eigenvalue weighted by atomic mass is 10.1. The molecule has 1 amide bonds. The Labute approximate surface area is 164 Å². The van der Waals surface area contributed by atoms with Gasteiger partial charge in [-0.2, -0.15) is 0 Å². The minimum Gasteiger partial charge on any atom is -0.445 e. The van der Waals surface area contributed by atoms with Crippen LogP contribution in [-0.4, -0.2) is 18.4 Å². The standard InChI is InChI=1S/C23H22N2O3/c1-17-11-14-22(24-23(26)27-16-18-7-3-2-4-8-18)25(28-17)21-13-12-19-9-5-6-10-20(19)15-21/h2-15,17,22H,16H2,1H3,(H,24,26). The van der Waals surface area contributed by atoms with Crippen molar-refractivity contribution < 1.29 is 14.4 Å². The highest BCUT2D eigenvalue weighted by Gasteiger charge is 2.25. The molecule has 4 rings (SSSR count). The van der Waals surface area contributed by atoms with E-state index in [1.165, 1.54) is 0 Å². The van der Waals surface area contributed by atoms with Gasteiger partial charge in [-0.3, -0.25) is 10.2 Å². The number of hydrogen-bond donors (Lipinski definition) is 1. The molecule has 0 spiro atoms. The Hall–Kier alpha value is -3.31. The quantitative estimate of drug-likeness (QED) is 0.667. The molecule has 5 nitrogen and oxygen atoms in total. The number of anilines is 1. The van der Waals surface area contributed by atoms with Crippen LogP contribution < -0.4 is 10.4 Å². The molecule has 0 radical (unpaired) electrons. The van der Waals surface area contributed by atoms with Crippen LogP contribution in [0.5, 0.6) is 0 Å². The first-order chi connectivity index (χ1) is 13.7. The summed E-state index contributed by atoms with van der Waals surface area (Å²) in [5.74, 6) is 0. The molecule has 0 aliphatic carbocycles. The summed E-state index contributed by atoms with van der Waals surface area (Å²) in [5, 5.41) is 6.83. The summed E-state index contributed by atoms with van der Waals surface area (Å²) in [6.45, 7) is 2.17. The van der Waals surface area contributed by atoms with Gasteiger partial charge in [0.05, 0.1) is 5.69 Å². The van der Waals surface area contributed by atoms with Crippen molar-refractivity contribution in [3.8, 4) is 0 Å². The van der Waals surface area contributed by atoms with Crippen LogP contribution in [0.25, 0.3) is 10.8 Å². The predicted molar refractivity (Wildman–Crippen MR) is 110 cm³/mol. The summed E-state index contributed by atoms with van der Waals surface area (Å²) in [5.41, 5.74) is 1.80. The molecule has 0 fully saturated rings. The second-order valence-corrected chi connectivity index (χ2v) is 6.70. The second kappa shape index (κ2) is 8.15. The first-order valence-corrected chi connectivity index (χ1v) is 9.29. The van der Waals surface area contributed by atoms with E-state index >= 15 is 0 Å². The Morgan fingerprint density at radius 2 is 1.75 bits per heavy atom. The first-order valence-electron chi connectivity index (χ1n) is 9.29. The van der Waals surface area contributed by atoms with Gasteiger partial charge in [0.2, 0.25) is 0 Å². The third-order valence-corrected chi connectivity index (χ3v) is 4.56. The van der Waals surface area contributed by atoms with Gasteiger partial charge < -0.3 is 4.74 Å². The molecular weight excluding hydrogens is 352 g/mol. The molecule has 3 aromatic carbocycles. The van der Waals surface area contributed by atoms with Gasteiger partial charge in [0.15, 0.2) is 0 Å². The van der Waals surface area contributed by atoms with Gasteiger partial charge in [-0.1, -0.05) is 66.7 Å². The van der Waals surface area contributed by atoms with E-state index in [4.69, 9.17) is 9.57 Å². The van der Waals surface area contributed by atoms with Gasteiger partial charge in [-0.05, 0) is 41.5 Å². The largest absolute Gasteiger partial charge is 0.445 e. The lowest BCUT2D eigenvalue weighted by molar-refractivity contribution is 0.0430. The van der Waals surface area contributed by atoms with Crippen molar-refractivity contribution in [2.24, 2.45) is 0 Å². The maximum atomic E-state index is 12.3. The fourth-order valence-electron chi connectivity index (χ4n) is 3.15. The van der Waals surface area contributed by atoms with Crippen molar-refractivity contribution >= 4 is 22.6 Å². The van der Waals surface area contributed by atoms with Crippen LogP contribution in [-0.2, 0) is 16.2 Å². The lowest BCUT2D eigenvalue weighted by Crippen LogP contribution is -2.50. The predicted octanol–water partition coefficient (Wildman–Crippen LogP) is 4.79. The second-order valence-electron chi connectivity index (χ2n) is 6.70. The molecule has 1 aliphatic heterocycles. The summed E-state index contributed by atoms with van der Waals surface area (Å²) >= 11 is 0. The topological polar surface area (TPSA) is 50.8 Å². The SMILES string of the molecule is CC1C=CC(NC(=O)OCc2ccccc2)N(c2ccc3ccccc3c2)O1. The van der Waals surface area contributed by atoms with Crippen LogP contribution in [0.3, 0.4) is 0 Å². The number of benzene rings is 3. The molecule has 5 heteroatoms. The number of carbonyl (C=O) groups excluding carboxylic acids is 1. The number of rotatable bonds is 4. The number of fused-ring (bicyclic) bond motifs is 1. The molecule has 2 atom stereocenters. The van der Waals surface area contributed by atoms with Gasteiger partial charge in [0.25, 0.3) is 0 Å². The molecule has 0 saturated carbocycles. The van der Waals surface area contributed by atoms with Gasteiger partial charge in [0, 0.05) is 0 Å². The number of carbonyl (C=O) groups is 1. The Balaban J connectivity index is 1.48. The average Bonchev–Trinajstić information content (AvgIpc) is 2.74. The van der Waals surface area contributed by atoms with Crippen molar-refractivity contribution in [1.82, 2.24) is 5.32 Å². The number of hydrogen-bond acceptors (Lipinski definition) is 4. The molecule has 0 saturated heterocycles. The normalized spacial score (nSPS) is 18.8. The molecule has 1 heterocycles. The molecule has 1 aliphatic rings. The van der Waals surface area contributed by atoms with E-state index < -0.39 is 12.3 Å². The molecular formula is C23H22N2O3. The Kier molecular flexibility index (Phi) is 5.26. The minimum atomic E-state index is -0.498. The highest BCUT2D eigenvalue weighted by molar-refractivity contribution is 5.85. The highest BCUT2D eigenvalue weighted by atomic mass is 16.7. The van der Waals surface area contributed by atoms with Gasteiger partial charge in [-0.25, -0.2) is 9.86 Å². The van der Waals surface area contributed by atoms with Crippen molar-refractivity contribution in [3.05, 3.63) is 90.5 Å². The van der Waals surface area contributed by atoms with Crippen molar-refractivity contribution in [2.75, 3.05) is 5.06 Å². The van der Waals surface area contributed by atoms with Gasteiger partial charge in [-0.15, -0.1) is 0 Å². The van der Waals surface area contributed by atoms with Crippen molar-refractivity contribution in [1.29, 1.82) is 0 Å². The third-order valence-electron chi connectivity index (χ3n) is 4.56. The number of ether oxygens (including phenoxy) is 1. The van der Waals surface area contributed by atoms with Crippen LogP contribution in [0.4, 0.5) is 10.5 Å². The van der Waals surface area contributed by atoms with Gasteiger partial charge in [0.1, 0.15) is 18.9 Å². The number of nitrogens with one attached hydrogen (secondary N) is 1. The summed E-state index contributed by atoms with van der Waals surface area (Å²) in [7, 11) is 0. The van der Waals surface area contributed by atoms with Crippen LogP contribution in [0, 0.1) is 0 Å². The van der Waals surface area contributed by atoms with Crippen LogP contribution in [0.2, 0.25) is 0 Å².